The molecule has 0 aromatic heterocycles. The summed E-state index contributed by atoms with van der Waals surface area (Å²) in [7, 11) is 0. The number of hydrogen-bond donors (Lipinski definition) is 1. The topological polar surface area (TPSA) is 29.5 Å². The molecule has 1 aliphatic rings. The third-order valence-corrected chi connectivity index (χ3v) is 4.14. The lowest BCUT2D eigenvalue weighted by atomic mass is 9.81. The number of hydrogen-bond acceptors (Lipinski definition) is 2. The van der Waals surface area contributed by atoms with Gasteiger partial charge in [0.15, 0.2) is 6.17 Å². The van der Waals surface area contributed by atoms with Crippen molar-refractivity contribution in [1.29, 1.82) is 0 Å². The second-order valence-electron chi connectivity index (χ2n) is 5.60. The molecule has 0 radical (unpaired) electrons. The van der Waals surface area contributed by atoms with Gasteiger partial charge in [0.2, 0.25) is 0 Å². The first-order chi connectivity index (χ1) is 11.6. The highest BCUT2D eigenvalue weighted by atomic mass is 19.2. The Bertz CT molecular complexity index is 766. The van der Waals surface area contributed by atoms with E-state index in [1.165, 1.54) is 12.1 Å². The minimum Gasteiger partial charge on any atom is -0.508 e. The van der Waals surface area contributed by atoms with E-state index in [4.69, 9.17) is 4.74 Å². The van der Waals surface area contributed by atoms with Crippen molar-refractivity contribution in [3.05, 3.63) is 83.7 Å². The van der Waals surface area contributed by atoms with Crippen molar-refractivity contribution in [3.63, 3.8) is 0 Å². The largest absolute Gasteiger partial charge is 0.508 e. The zero-order chi connectivity index (χ0) is 17.2. The quantitative estimate of drug-likeness (QED) is 0.864. The van der Waals surface area contributed by atoms with Crippen LogP contribution < -0.4 is 0 Å². The second kappa shape index (κ2) is 6.57. The van der Waals surface area contributed by atoms with Gasteiger partial charge in [-0.2, -0.15) is 0 Å². The SMILES string of the molecule is CCOC1(c2ccccc2)C=CC(c2ccc(O)cc2)=C(F)C1F. The fraction of sp³-hybridized carbons (Fsp3) is 0.200. The molecule has 0 amide bonds. The van der Waals surface area contributed by atoms with Crippen molar-refractivity contribution in [3.8, 4) is 5.75 Å². The van der Waals surface area contributed by atoms with Crippen molar-refractivity contribution in [2.45, 2.75) is 18.7 Å². The van der Waals surface area contributed by atoms with Crippen LogP contribution in [0.2, 0.25) is 0 Å². The number of alkyl halides is 1. The summed E-state index contributed by atoms with van der Waals surface area (Å²) in [6.07, 6.45) is 1.16. The summed E-state index contributed by atoms with van der Waals surface area (Å²) in [4.78, 5) is 0. The lowest BCUT2D eigenvalue weighted by Crippen LogP contribution is -2.40. The Hall–Kier alpha value is -2.46. The molecule has 4 heteroatoms. The molecule has 0 spiro atoms. The number of phenols is 1. The lowest BCUT2D eigenvalue weighted by Gasteiger charge is -2.36. The van der Waals surface area contributed by atoms with Gasteiger partial charge in [-0.3, -0.25) is 0 Å². The molecule has 0 heterocycles. The van der Waals surface area contributed by atoms with Crippen molar-refractivity contribution < 1.29 is 18.6 Å². The van der Waals surface area contributed by atoms with Crippen LogP contribution in [0.5, 0.6) is 5.75 Å². The third kappa shape index (κ3) is 2.74. The Morgan fingerprint density at radius 2 is 1.75 bits per heavy atom. The standard InChI is InChI=1S/C20H18F2O2/c1-2-24-20(15-6-4-3-5-7-15)13-12-17(18(21)19(20)22)14-8-10-16(23)11-9-14/h3-13,19,23H,2H2,1H3. The normalized spacial score (nSPS) is 23.5. The molecule has 0 saturated carbocycles. The van der Waals surface area contributed by atoms with Crippen LogP contribution in [0.15, 0.2) is 72.6 Å². The van der Waals surface area contributed by atoms with Gasteiger partial charge in [-0.1, -0.05) is 48.5 Å². The van der Waals surface area contributed by atoms with Crippen molar-refractivity contribution in [2.75, 3.05) is 6.61 Å². The number of rotatable bonds is 4. The number of halogens is 2. The van der Waals surface area contributed by atoms with Crippen molar-refractivity contribution in [1.82, 2.24) is 0 Å². The van der Waals surface area contributed by atoms with Crippen molar-refractivity contribution >= 4 is 5.57 Å². The van der Waals surface area contributed by atoms with Gasteiger partial charge in [0.25, 0.3) is 0 Å². The van der Waals surface area contributed by atoms with Crippen LogP contribution in [0.25, 0.3) is 5.57 Å². The monoisotopic (exact) mass is 328 g/mol. The molecular formula is C20H18F2O2. The van der Waals surface area contributed by atoms with E-state index in [2.05, 4.69) is 0 Å². The molecule has 0 aliphatic heterocycles. The molecule has 2 nitrogen and oxygen atoms in total. The average Bonchev–Trinajstić information content (AvgIpc) is 2.61. The molecule has 2 unspecified atom stereocenters. The number of ether oxygens (including phenoxy) is 1. The first kappa shape index (κ1) is 16.4. The van der Waals surface area contributed by atoms with E-state index in [0.29, 0.717) is 11.1 Å². The molecule has 2 aromatic rings. The molecule has 0 bridgehead atoms. The molecule has 1 N–H and O–H groups in total. The molecule has 0 fully saturated rings. The Kier molecular flexibility index (Phi) is 4.49. The summed E-state index contributed by atoms with van der Waals surface area (Å²) < 4.78 is 35.6. The van der Waals surface area contributed by atoms with Gasteiger partial charge in [-0.05, 0) is 36.3 Å². The first-order valence-electron chi connectivity index (χ1n) is 7.80. The van der Waals surface area contributed by atoms with E-state index >= 15 is 4.39 Å². The molecule has 0 saturated heterocycles. The number of allylic oxidation sites excluding steroid dienone is 2. The van der Waals surface area contributed by atoms with E-state index < -0.39 is 17.6 Å². The summed E-state index contributed by atoms with van der Waals surface area (Å²) in [5.74, 6) is -0.801. The number of benzene rings is 2. The van der Waals surface area contributed by atoms with E-state index in [9.17, 15) is 9.50 Å². The molecular weight excluding hydrogens is 310 g/mol. The summed E-state index contributed by atoms with van der Waals surface area (Å²) in [6, 6.07) is 14.8. The van der Waals surface area contributed by atoms with Crippen LogP contribution in [0.4, 0.5) is 8.78 Å². The highest BCUT2D eigenvalue weighted by molar-refractivity contribution is 5.78. The van der Waals surface area contributed by atoms with Crippen LogP contribution in [-0.4, -0.2) is 17.9 Å². The predicted octanol–water partition coefficient (Wildman–Crippen LogP) is 4.91. The molecule has 3 rings (SSSR count). The van der Waals surface area contributed by atoms with Crippen LogP contribution >= 0.6 is 0 Å². The second-order valence-corrected chi connectivity index (χ2v) is 5.60. The smallest absolute Gasteiger partial charge is 0.188 e. The zero-order valence-electron chi connectivity index (χ0n) is 13.2. The van der Waals surface area contributed by atoms with Gasteiger partial charge in [0, 0.05) is 12.2 Å². The fourth-order valence-electron chi connectivity index (χ4n) is 2.96. The van der Waals surface area contributed by atoms with Crippen LogP contribution in [0.1, 0.15) is 18.1 Å². The number of aromatic hydroxyl groups is 1. The van der Waals surface area contributed by atoms with Gasteiger partial charge < -0.3 is 9.84 Å². The van der Waals surface area contributed by atoms with E-state index in [0.717, 1.165) is 0 Å². The maximum absolute atomic E-state index is 15.1. The molecule has 2 aromatic carbocycles. The molecule has 124 valence electrons. The number of phenolic OH excluding ortho intramolecular Hbond substituents is 1. The van der Waals surface area contributed by atoms with Crippen LogP contribution in [0.3, 0.4) is 0 Å². The van der Waals surface area contributed by atoms with Gasteiger partial charge in [0.1, 0.15) is 17.2 Å². The minimum absolute atomic E-state index is 0.0734. The van der Waals surface area contributed by atoms with Crippen LogP contribution in [-0.2, 0) is 10.3 Å². The Labute approximate surface area is 139 Å². The van der Waals surface area contributed by atoms with Gasteiger partial charge >= 0.3 is 0 Å². The first-order valence-corrected chi connectivity index (χ1v) is 7.80. The molecule has 1 aliphatic carbocycles. The Morgan fingerprint density at radius 1 is 1.08 bits per heavy atom. The minimum atomic E-state index is -1.95. The van der Waals surface area contributed by atoms with E-state index in [1.54, 1.807) is 55.5 Å². The Morgan fingerprint density at radius 3 is 2.38 bits per heavy atom. The third-order valence-electron chi connectivity index (χ3n) is 4.14. The predicted molar refractivity (Wildman–Crippen MR) is 89.9 cm³/mol. The molecule has 2 atom stereocenters. The highest BCUT2D eigenvalue weighted by Crippen LogP contribution is 2.43. The fourth-order valence-corrected chi connectivity index (χ4v) is 2.96. The van der Waals surface area contributed by atoms with E-state index in [1.807, 2.05) is 6.07 Å². The average molecular weight is 328 g/mol. The summed E-state index contributed by atoms with van der Waals surface area (Å²) in [5.41, 5.74) is -0.243. The van der Waals surface area contributed by atoms with Gasteiger partial charge in [0.05, 0.1) is 0 Å². The maximum Gasteiger partial charge on any atom is 0.188 e. The summed E-state index contributed by atoms with van der Waals surface area (Å²) in [5, 5.41) is 9.35. The lowest BCUT2D eigenvalue weighted by molar-refractivity contribution is -0.0568. The summed E-state index contributed by atoms with van der Waals surface area (Å²) in [6.45, 7) is 2.00. The van der Waals surface area contributed by atoms with Gasteiger partial charge in [-0.15, -0.1) is 0 Å². The van der Waals surface area contributed by atoms with Crippen molar-refractivity contribution in [2.24, 2.45) is 0 Å². The summed E-state index contributed by atoms with van der Waals surface area (Å²) >= 11 is 0. The maximum atomic E-state index is 15.1. The molecule has 24 heavy (non-hydrogen) atoms. The highest BCUT2D eigenvalue weighted by Gasteiger charge is 2.45. The van der Waals surface area contributed by atoms with E-state index in [-0.39, 0.29) is 17.9 Å². The zero-order valence-corrected chi connectivity index (χ0v) is 13.2. The van der Waals surface area contributed by atoms with Crippen LogP contribution in [0, 0.1) is 0 Å². The Balaban J connectivity index is 2.06. The van der Waals surface area contributed by atoms with Gasteiger partial charge in [-0.25, -0.2) is 8.78 Å².